The number of carbonyl (C=O) groups is 2. The smallest absolute Gasteiger partial charge is 0.260 e. The summed E-state index contributed by atoms with van der Waals surface area (Å²) < 4.78 is 5.47. The fourth-order valence-electron chi connectivity index (χ4n) is 2.37. The summed E-state index contributed by atoms with van der Waals surface area (Å²) in [6.45, 7) is 1.60. The summed E-state index contributed by atoms with van der Waals surface area (Å²) >= 11 is 0. The molecular formula is C15H21N3O3. The molecule has 2 amide bonds. The van der Waals surface area contributed by atoms with Gasteiger partial charge in [-0.05, 0) is 30.5 Å². The van der Waals surface area contributed by atoms with Gasteiger partial charge in [0.25, 0.3) is 5.91 Å². The van der Waals surface area contributed by atoms with E-state index in [1.807, 2.05) is 12.1 Å². The first-order valence-corrected chi connectivity index (χ1v) is 7.09. The van der Waals surface area contributed by atoms with Crippen molar-refractivity contribution < 1.29 is 14.3 Å². The number of hydrogen-bond donors (Lipinski definition) is 2. The average Bonchev–Trinajstić information content (AvgIpc) is 2.53. The first-order valence-electron chi connectivity index (χ1n) is 7.09. The van der Waals surface area contributed by atoms with Crippen LogP contribution in [0.4, 0.5) is 0 Å². The maximum atomic E-state index is 12.0. The van der Waals surface area contributed by atoms with Crippen LogP contribution < -0.4 is 16.2 Å². The quantitative estimate of drug-likeness (QED) is 0.812. The Bertz CT molecular complexity index is 493. The monoisotopic (exact) mass is 291 g/mol. The number of ether oxygens (including phenoxy) is 1. The lowest BCUT2D eigenvalue weighted by atomic mass is 9.96. The molecular weight excluding hydrogens is 270 g/mol. The van der Waals surface area contributed by atoms with Crippen molar-refractivity contribution in [3.05, 3.63) is 29.8 Å². The van der Waals surface area contributed by atoms with E-state index in [1.165, 1.54) is 0 Å². The Hall–Kier alpha value is -2.08. The number of benzene rings is 1. The highest BCUT2D eigenvalue weighted by atomic mass is 16.5. The maximum Gasteiger partial charge on any atom is 0.260 e. The van der Waals surface area contributed by atoms with Crippen LogP contribution in [-0.2, 0) is 16.1 Å². The highest BCUT2D eigenvalue weighted by molar-refractivity contribution is 5.79. The Morgan fingerprint density at radius 3 is 2.33 bits per heavy atom. The number of piperidine rings is 1. The summed E-state index contributed by atoms with van der Waals surface area (Å²) in [5.41, 5.74) is 11.8. The molecule has 1 heterocycles. The summed E-state index contributed by atoms with van der Waals surface area (Å²) in [6.07, 6.45) is 1.26. The fourth-order valence-corrected chi connectivity index (χ4v) is 2.37. The van der Waals surface area contributed by atoms with Crippen LogP contribution >= 0.6 is 0 Å². The van der Waals surface area contributed by atoms with Gasteiger partial charge in [-0.2, -0.15) is 0 Å². The van der Waals surface area contributed by atoms with Crippen LogP contribution in [0, 0.1) is 5.92 Å². The van der Waals surface area contributed by atoms with Gasteiger partial charge in [0.05, 0.1) is 0 Å². The lowest BCUT2D eigenvalue weighted by molar-refractivity contribution is -0.136. The van der Waals surface area contributed by atoms with Gasteiger partial charge in [0.1, 0.15) is 5.75 Å². The Morgan fingerprint density at radius 2 is 1.81 bits per heavy atom. The first-order chi connectivity index (χ1) is 10.1. The van der Waals surface area contributed by atoms with E-state index in [4.69, 9.17) is 16.2 Å². The molecule has 1 aliphatic heterocycles. The number of nitrogens with two attached hydrogens (primary N) is 2. The van der Waals surface area contributed by atoms with Crippen LogP contribution in [0.15, 0.2) is 24.3 Å². The SMILES string of the molecule is NCc1ccc(OCC(=O)N2CCC(C(N)=O)CC2)cc1. The molecule has 1 aliphatic rings. The van der Waals surface area contributed by atoms with Gasteiger partial charge in [0, 0.05) is 25.6 Å². The predicted molar refractivity (Wildman–Crippen MR) is 78.3 cm³/mol. The van der Waals surface area contributed by atoms with Crippen molar-refractivity contribution in [2.45, 2.75) is 19.4 Å². The van der Waals surface area contributed by atoms with Crippen molar-refractivity contribution in [2.75, 3.05) is 19.7 Å². The minimum absolute atomic E-state index is 0.00318. The molecule has 1 aromatic carbocycles. The molecule has 0 bridgehead atoms. The van der Waals surface area contributed by atoms with Gasteiger partial charge < -0.3 is 21.1 Å². The van der Waals surface area contributed by atoms with Gasteiger partial charge in [-0.3, -0.25) is 9.59 Å². The molecule has 4 N–H and O–H groups in total. The molecule has 0 atom stereocenters. The number of carbonyl (C=O) groups excluding carboxylic acids is 2. The number of rotatable bonds is 5. The zero-order valence-electron chi connectivity index (χ0n) is 12.0. The van der Waals surface area contributed by atoms with Crippen LogP contribution in [0.1, 0.15) is 18.4 Å². The second-order valence-corrected chi connectivity index (χ2v) is 5.19. The highest BCUT2D eigenvalue weighted by Crippen LogP contribution is 2.17. The third-order valence-electron chi connectivity index (χ3n) is 3.77. The molecule has 0 saturated carbocycles. The molecule has 0 spiro atoms. The van der Waals surface area contributed by atoms with Crippen LogP contribution in [0.2, 0.25) is 0 Å². The predicted octanol–water partition coefficient (Wildman–Crippen LogP) is 0.248. The maximum absolute atomic E-state index is 12.0. The second kappa shape index (κ2) is 7.08. The van der Waals surface area contributed by atoms with Crippen LogP contribution in [0.3, 0.4) is 0 Å². The third-order valence-corrected chi connectivity index (χ3v) is 3.77. The summed E-state index contributed by atoms with van der Waals surface area (Å²) in [5, 5.41) is 0. The van der Waals surface area contributed by atoms with Crippen molar-refractivity contribution in [1.29, 1.82) is 0 Å². The van der Waals surface area contributed by atoms with E-state index < -0.39 is 0 Å². The lowest BCUT2D eigenvalue weighted by Crippen LogP contribution is -2.43. The first kappa shape index (κ1) is 15.3. The van der Waals surface area contributed by atoms with Crippen molar-refractivity contribution >= 4 is 11.8 Å². The zero-order valence-corrected chi connectivity index (χ0v) is 12.0. The molecule has 1 fully saturated rings. The number of likely N-dealkylation sites (tertiary alicyclic amines) is 1. The Kier molecular flexibility index (Phi) is 5.16. The van der Waals surface area contributed by atoms with Crippen molar-refractivity contribution in [3.8, 4) is 5.75 Å². The molecule has 1 saturated heterocycles. The van der Waals surface area contributed by atoms with E-state index in [9.17, 15) is 9.59 Å². The normalized spacial score (nSPS) is 15.8. The van der Waals surface area contributed by atoms with Crippen molar-refractivity contribution in [3.63, 3.8) is 0 Å². The van der Waals surface area contributed by atoms with Gasteiger partial charge >= 0.3 is 0 Å². The molecule has 0 aliphatic carbocycles. The molecule has 21 heavy (non-hydrogen) atoms. The van der Waals surface area contributed by atoms with E-state index in [0.717, 1.165) is 5.56 Å². The Balaban J connectivity index is 1.78. The molecule has 6 heteroatoms. The lowest BCUT2D eigenvalue weighted by Gasteiger charge is -2.30. The number of nitrogens with zero attached hydrogens (tertiary/aromatic N) is 1. The minimum atomic E-state index is -0.279. The van der Waals surface area contributed by atoms with Crippen molar-refractivity contribution in [2.24, 2.45) is 17.4 Å². The standard InChI is InChI=1S/C15H21N3O3/c16-9-11-1-3-13(4-2-11)21-10-14(19)18-7-5-12(6-8-18)15(17)20/h1-4,12H,5-10,16H2,(H2,17,20). The summed E-state index contributed by atoms with van der Waals surface area (Å²) in [4.78, 5) is 24.8. The van der Waals surface area contributed by atoms with E-state index >= 15 is 0 Å². The van der Waals surface area contributed by atoms with Crippen LogP contribution in [0.25, 0.3) is 0 Å². The number of amides is 2. The Morgan fingerprint density at radius 1 is 1.19 bits per heavy atom. The highest BCUT2D eigenvalue weighted by Gasteiger charge is 2.25. The molecule has 1 aromatic rings. The largest absolute Gasteiger partial charge is 0.484 e. The summed E-state index contributed by atoms with van der Waals surface area (Å²) in [6, 6.07) is 7.35. The van der Waals surface area contributed by atoms with E-state index in [2.05, 4.69) is 0 Å². The minimum Gasteiger partial charge on any atom is -0.484 e. The van der Waals surface area contributed by atoms with Gasteiger partial charge in [0.2, 0.25) is 5.91 Å². The summed E-state index contributed by atoms with van der Waals surface area (Å²) in [7, 11) is 0. The van der Waals surface area contributed by atoms with Gasteiger partial charge in [0.15, 0.2) is 6.61 Å². The van der Waals surface area contributed by atoms with Crippen LogP contribution in [-0.4, -0.2) is 36.4 Å². The number of hydrogen-bond acceptors (Lipinski definition) is 4. The third kappa shape index (κ3) is 4.19. The molecule has 0 radical (unpaired) electrons. The summed E-state index contributed by atoms with van der Waals surface area (Å²) in [5.74, 6) is 0.186. The van der Waals surface area contributed by atoms with Crippen LogP contribution in [0.5, 0.6) is 5.75 Å². The van der Waals surface area contributed by atoms with E-state index in [-0.39, 0.29) is 24.3 Å². The molecule has 2 rings (SSSR count). The fraction of sp³-hybridized carbons (Fsp3) is 0.467. The second-order valence-electron chi connectivity index (χ2n) is 5.19. The van der Waals surface area contributed by atoms with Gasteiger partial charge in [-0.1, -0.05) is 12.1 Å². The van der Waals surface area contributed by atoms with Gasteiger partial charge in [-0.15, -0.1) is 0 Å². The van der Waals surface area contributed by atoms with Crippen molar-refractivity contribution in [1.82, 2.24) is 4.90 Å². The average molecular weight is 291 g/mol. The molecule has 0 unspecified atom stereocenters. The van der Waals surface area contributed by atoms with Gasteiger partial charge in [-0.25, -0.2) is 0 Å². The topological polar surface area (TPSA) is 98.7 Å². The number of primary amides is 1. The molecule has 6 nitrogen and oxygen atoms in total. The molecule has 114 valence electrons. The van der Waals surface area contributed by atoms with E-state index in [0.29, 0.717) is 38.2 Å². The zero-order chi connectivity index (χ0) is 15.2. The van der Waals surface area contributed by atoms with E-state index in [1.54, 1.807) is 17.0 Å². The Labute approximate surface area is 124 Å². The molecule has 0 aromatic heterocycles.